The third-order valence-electron chi connectivity index (χ3n) is 4.35. The van der Waals surface area contributed by atoms with Crippen LogP contribution in [0.25, 0.3) is 10.2 Å². The monoisotopic (exact) mass is 398 g/mol. The van der Waals surface area contributed by atoms with Crippen LogP contribution in [0.5, 0.6) is 5.75 Å². The molecule has 0 aliphatic heterocycles. The lowest BCUT2D eigenvalue weighted by Gasteiger charge is -2.23. The number of para-hydroxylation sites is 1. The molecule has 0 radical (unpaired) electrons. The van der Waals surface area contributed by atoms with Crippen LogP contribution in [0.3, 0.4) is 0 Å². The van der Waals surface area contributed by atoms with Crippen LogP contribution in [0.15, 0.2) is 48.5 Å². The third-order valence-corrected chi connectivity index (χ3v) is 5.55. The van der Waals surface area contributed by atoms with E-state index in [0.717, 1.165) is 20.8 Å². The van der Waals surface area contributed by atoms with Gasteiger partial charge in [-0.3, -0.25) is 4.79 Å². The van der Waals surface area contributed by atoms with Crippen LogP contribution in [0.2, 0.25) is 0 Å². The van der Waals surface area contributed by atoms with Crippen molar-refractivity contribution >= 4 is 33.4 Å². The molecule has 0 saturated carbocycles. The second kappa shape index (κ2) is 8.84. The van der Waals surface area contributed by atoms with E-state index < -0.39 is 5.97 Å². The lowest BCUT2D eigenvalue weighted by Crippen LogP contribution is -2.34. The highest BCUT2D eigenvalue weighted by Crippen LogP contribution is 2.28. The van der Waals surface area contributed by atoms with Gasteiger partial charge in [0.15, 0.2) is 13.2 Å². The molecule has 6 nitrogen and oxygen atoms in total. The molecule has 0 bridgehead atoms. The first kappa shape index (κ1) is 19.8. The molecule has 0 spiro atoms. The van der Waals surface area contributed by atoms with Crippen molar-refractivity contribution in [1.82, 2.24) is 9.88 Å². The number of hydrogen-bond acceptors (Lipinski definition) is 6. The van der Waals surface area contributed by atoms with Crippen LogP contribution in [-0.2, 0) is 14.3 Å². The number of carbonyl (C=O) groups is 2. The average Bonchev–Trinajstić information content (AvgIpc) is 3.13. The number of likely N-dealkylation sites (N-methyl/N-ethyl adjacent to an activating group) is 1. The van der Waals surface area contributed by atoms with Gasteiger partial charge in [0.25, 0.3) is 5.91 Å². The summed E-state index contributed by atoms with van der Waals surface area (Å²) in [5.41, 5.74) is 1.95. The Hall–Kier alpha value is -2.93. The lowest BCUT2D eigenvalue weighted by molar-refractivity contribution is -0.153. The van der Waals surface area contributed by atoms with E-state index >= 15 is 0 Å². The number of benzene rings is 2. The van der Waals surface area contributed by atoms with E-state index in [1.807, 2.05) is 56.3 Å². The van der Waals surface area contributed by atoms with Gasteiger partial charge in [-0.15, -0.1) is 11.3 Å². The Balaban J connectivity index is 1.49. The molecular formula is C21H22N2O4S. The molecule has 1 amide bonds. The minimum absolute atomic E-state index is 0.216. The first-order valence-corrected chi connectivity index (χ1v) is 9.72. The number of nitrogens with zero attached hydrogens (tertiary/aromatic N) is 2. The summed E-state index contributed by atoms with van der Waals surface area (Å²) in [6.45, 7) is 3.26. The van der Waals surface area contributed by atoms with E-state index in [1.165, 1.54) is 4.90 Å². The zero-order valence-electron chi connectivity index (χ0n) is 16.0. The molecule has 1 atom stereocenters. The predicted molar refractivity (Wildman–Crippen MR) is 108 cm³/mol. The number of hydrogen-bond donors (Lipinski definition) is 0. The van der Waals surface area contributed by atoms with Crippen molar-refractivity contribution in [3.05, 3.63) is 59.1 Å². The summed E-state index contributed by atoms with van der Waals surface area (Å²) < 4.78 is 11.5. The number of fused-ring (bicyclic) bond motifs is 1. The maximum atomic E-state index is 12.4. The fourth-order valence-electron chi connectivity index (χ4n) is 2.58. The van der Waals surface area contributed by atoms with Crippen molar-refractivity contribution in [2.45, 2.75) is 19.9 Å². The average molecular weight is 398 g/mol. The molecule has 3 rings (SSSR count). The molecule has 1 heterocycles. The van der Waals surface area contributed by atoms with Gasteiger partial charge in [0.1, 0.15) is 10.8 Å². The number of amides is 1. The fraction of sp³-hybridized carbons (Fsp3) is 0.286. The Morgan fingerprint density at radius 2 is 1.93 bits per heavy atom. The molecule has 0 N–H and O–H groups in total. The van der Waals surface area contributed by atoms with Crippen molar-refractivity contribution in [1.29, 1.82) is 0 Å². The smallest absolute Gasteiger partial charge is 0.344 e. The maximum absolute atomic E-state index is 12.4. The van der Waals surface area contributed by atoms with E-state index in [0.29, 0.717) is 5.75 Å². The van der Waals surface area contributed by atoms with Crippen molar-refractivity contribution in [3.63, 3.8) is 0 Å². The zero-order chi connectivity index (χ0) is 20.1. The van der Waals surface area contributed by atoms with Gasteiger partial charge in [0.2, 0.25) is 0 Å². The topological polar surface area (TPSA) is 68.7 Å². The largest absolute Gasteiger partial charge is 0.482 e. The van der Waals surface area contributed by atoms with Gasteiger partial charge < -0.3 is 14.4 Å². The number of rotatable bonds is 7. The molecule has 0 aliphatic rings. The molecule has 2 aromatic carbocycles. The molecule has 0 unspecified atom stereocenters. The molecule has 0 aliphatic carbocycles. The van der Waals surface area contributed by atoms with Gasteiger partial charge >= 0.3 is 5.97 Å². The van der Waals surface area contributed by atoms with Gasteiger partial charge in [-0.2, -0.15) is 0 Å². The van der Waals surface area contributed by atoms with E-state index in [1.54, 1.807) is 24.5 Å². The number of aryl methyl sites for hydroxylation is 1. The van der Waals surface area contributed by atoms with Crippen molar-refractivity contribution in [3.8, 4) is 5.75 Å². The lowest BCUT2D eigenvalue weighted by atomic mass is 10.2. The van der Waals surface area contributed by atoms with Crippen LogP contribution in [0, 0.1) is 6.92 Å². The van der Waals surface area contributed by atoms with E-state index in [2.05, 4.69) is 4.98 Å². The van der Waals surface area contributed by atoms with Crippen molar-refractivity contribution in [2.75, 3.05) is 20.3 Å². The molecule has 28 heavy (non-hydrogen) atoms. The Kier molecular flexibility index (Phi) is 6.26. The first-order valence-electron chi connectivity index (χ1n) is 8.90. The van der Waals surface area contributed by atoms with Crippen LogP contribution < -0.4 is 4.74 Å². The Labute approximate surface area is 167 Å². The van der Waals surface area contributed by atoms with Gasteiger partial charge in [0.05, 0.1) is 16.3 Å². The minimum atomic E-state index is -0.587. The summed E-state index contributed by atoms with van der Waals surface area (Å²) in [6.07, 6.45) is 0. The number of ether oxygens (including phenoxy) is 2. The Morgan fingerprint density at radius 1 is 1.14 bits per heavy atom. The molecule has 146 valence electrons. The van der Waals surface area contributed by atoms with Crippen molar-refractivity contribution in [2.24, 2.45) is 0 Å². The first-order chi connectivity index (χ1) is 13.4. The quantitative estimate of drug-likeness (QED) is 0.567. The normalized spacial score (nSPS) is 11.8. The van der Waals surface area contributed by atoms with Crippen LogP contribution in [0.1, 0.15) is 23.5 Å². The van der Waals surface area contributed by atoms with Crippen LogP contribution in [-0.4, -0.2) is 42.0 Å². The van der Waals surface area contributed by atoms with Crippen LogP contribution in [0.4, 0.5) is 0 Å². The second-order valence-corrected chi connectivity index (χ2v) is 7.53. The van der Waals surface area contributed by atoms with Crippen molar-refractivity contribution < 1.29 is 19.1 Å². The highest BCUT2D eigenvalue weighted by Gasteiger charge is 2.21. The van der Waals surface area contributed by atoms with E-state index in [9.17, 15) is 9.59 Å². The number of thiazole rings is 1. The third kappa shape index (κ3) is 4.86. The summed E-state index contributed by atoms with van der Waals surface area (Å²) in [6, 6.07) is 15.0. The molecule has 0 saturated heterocycles. The summed E-state index contributed by atoms with van der Waals surface area (Å²) >= 11 is 1.55. The van der Waals surface area contributed by atoms with Gasteiger partial charge in [-0.05, 0) is 43.7 Å². The number of aromatic nitrogens is 1. The number of esters is 1. The van der Waals surface area contributed by atoms with E-state index in [-0.39, 0.29) is 25.2 Å². The fourth-order valence-corrected chi connectivity index (χ4v) is 3.65. The molecule has 0 fully saturated rings. The molecule has 3 aromatic rings. The van der Waals surface area contributed by atoms with Crippen LogP contribution >= 0.6 is 11.3 Å². The Morgan fingerprint density at radius 3 is 2.68 bits per heavy atom. The van der Waals surface area contributed by atoms with Gasteiger partial charge in [-0.25, -0.2) is 9.78 Å². The molecule has 7 heteroatoms. The SMILES string of the molecule is Cc1cccc(OCC(=O)OCC(=O)N(C)[C@H](C)c2nc3ccccc3s2)c1. The molecule has 1 aromatic heterocycles. The highest BCUT2D eigenvalue weighted by atomic mass is 32.1. The minimum Gasteiger partial charge on any atom is -0.482 e. The van der Waals surface area contributed by atoms with Gasteiger partial charge in [0, 0.05) is 7.05 Å². The summed E-state index contributed by atoms with van der Waals surface area (Å²) in [7, 11) is 1.68. The summed E-state index contributed by atoms with van der Waals surface area (Å²) in [5.74, 6) is -0.295. The summed E-state index contributed by atoms with van der Waals surface area (Å²) in [4.78, 5) is 30.4. The number of carbonyl (C=O) groups excluding carboxylic acids is 2. The predicted octanol–water partition coefficient (Wildman–Crippen LogP) is 3.75. The molecular weight excluding hydrogens is 376 g/mol. The highest BCUT2D eigenvalue weighted by molar-refractivity contribution is 7.18. The van der Waals surface area contributed by atoms with E-state index in [4.69, 9.17) is 9.47 Å². The van der Waals surface area contributed by atoms with Gasteiger partial charge in [-0.1, -0.05) is 24.3 Å². The second-order valence-electron chi connectivity index (χ2n) is 6.47. The Bertz CT molecular complexity index is 952. The maximum Gasteiger partial charge on any atom is 0.344 e. The zero-order valence-corrected chi connectivity index (χ0v) is 16.9. The standard InChI is InChI=1S/C21H22N2O4S/c1-14-7-6-8-16(11-14)26-13-20(25)27-12-19(24)23(3)15(2)21-22-17-9-4-5-10-18(17)28-21/h4-11,15H,12-13H2,1-3H3/t15-/m1/s1. The summed E-state index contributed by atoms with van der Waals surface area (Å²) in [5, 5.41) is 0.839.